The van der Waals surface area contributed by atoms with Gasteiger partial charge in [0.25, 0.3) is 5.91 Å². The van der Waals surface area contributed by atoms with E-state index in [0.717, 1.165) is 29.7 Å². The van der Waals surface area contributed by atoms with Crippen LogP contribution in [0.15, 0.2) is 54.7 Å². The molecule has 1 unspecified atom stereocenters. The average molecular weight is 569 g/mol. The number of ether oxygens (including phenoxy) is 1. The first-order chi connectivity index (χ1) is 18.3. The molecule has 0 fully saturated rings. The number of alkyl carbamates (subject to hydrolysis) is 1. The van der Waals surface area contributed by atoms with E-state index in [0.29, 0.717) is 6.07 Å². The molecule has 3 aromatic heterocycles. The van der Waals surface area contributed by atoms with Crippen LogP contribution >= 0.6 is 11.6 Å². The monoisotopic (exact) mass is 568 g/mol. The molecule has 3 heterocycles. The topological polar surface area (TPSA) is 161 Å². The van der Waals surface area contributed by atoms with Crippen LogP contribution in [0.3, 0.4) is 0 Å². The molecule has 0 radical (unpaired) electrons. The zero-order chi connectivity index (χ0) is 28.9. The first kappa shape index (κ1) is 29.1. The molecule has 206 valence electrons. The second kappa shape index (κ2) is 11.9. The van der Waals surface area contributed by atoms with Gasteiger partial charge in [0.1, 0.15) is 28.5 Å². The number of amides is 2. The largest absolute Gasteiger partial charge is 0.441 e. The van der Waals surface area contributed by atoms with Crippen molar-refractivity contribution in [1.82, 2.24) is 25.3 Å². The van der Waals surface area contributed by atoms with Gasteiger partial charge in [-0.2, -0.15) is 13.2 Å². The smallest absolute Gasteiger partial charge is 0.433 e. The number of anilines is 1. The lowest BCUT2D eigenvalue weighted by Crippen LogP contribution is -2.39. The summed E-state index contributed by atoms with van der Waals surface area (Å²) in [5.74, 6) is 4.24. The Morgan fingerprint density at radius 2 is 1.85 bits per heavy atom. The van der Waals surface area contributed by atoms with Crippen LogP contribution in [0.2, 0.25) is 5.15 Å². The predicted octanol–water partition coefficient (Wildman–Crippen LogP) is 3.81. The van der Waals surface area contributed by atoms with E-state index in [1.807, 2.05) is 0 Å². The number of rotatable bonds is 7. The van der Waals surface area contributed by atoms with Crippen molar-refractivity contribution in [3.63, 3.8) is 0 Å². The van der Waals surface area contributed by atoms with Gasteiger partial charge < -0.3 is 15.8 Å². The summed E-state index contributed by atoms with van der Waals surface area (Å²) >= 11 is 5.93. The maximum absolute atomic E-state index is 13.5. The van der Waals surface area contributed by atoms with Gasteiger partial charge in [0.05, 0.1) is 17.5 Å². The number of pyridine rings is 3. The van der Waals surface area contributed by atoms with Gasteiger partial charge in [-0.15, -0.1) is 0 Å². The summed E-state index contributed by atoms with van der Waals surface area (Å²) in [7, 11) is 1.37. The Labute approximate surface area is 223 Å². The molecule has 11 nitrogen and oxygen atoms in total. The summed E-state index contributed by atoms with van der Waals surface area (Å²) in [6, 6.07) is 5.59. The minimum Gasteiger partial charge on any atom is -0.441 e. The minimum atomic E-state index is -4.68. The SMILES string of the molecule is CC(OC(=O)N/C(=C(/N)c1ccc(C(=O)Nc2ccnc(C(F)(F)F)c2)cn1)N(C)N)c1cc(F)cnc1Cl. The fourth-order valence-corrected chi connectivity index (χ4v) is 3.35. The predicted molar refractivity (Wildman–Crippen MR) is 132 cm³/mol. The van der Waals surface area contributed by atoms with Crippen LogP contribution in [-0.4, -0.2) is 39.0 Å². The Morgan fingerprint density at radius 1 is 1.13 bits per heavy atom. The average Bonchev–Trinajstić information content (AvgIpc) is 2.87. The number of aromatic nitrogens is 3. The van der Waals surface area contributed by atoms with Gasteiger partial charge in [0.15, 0.2) is 5.82 Å². The van der Waals surface area contributed by atoms with E-state index in [1.165, 1.54) is 32.2 Å². The molecule has 0 bridgehead atoms. The van der Waals surface area contributed by atoms with Crippen molar-refractivity contribution in [1.29, 1.82) is 0 Å². The zero-order valence-electron chi connectivity index (χ0n) is 20.3. The van der Waals surface area contributed by atoms with Crippen LogP contribution in [0, 0.1) is 5.82 Å². The third-order valence-corrected chi connectivity index (χ3v) is 5.31. The first-order valence-corrected chi connectivity index (χ1v) is 11.2. The number of nitrogens with zero attached hydrogens (tertiary/aromatic N) is 4. The second-order valence-electron chi connectivity index (χ2n) is 7.89. The van der Waals surface area contributed by atoms with E-state index < -0.39 is 35.8 Å². The highest BCUT2D eigenvalue weighted by molar-refractivity contribution is 6.30. The number of carbonyl (C=O) groups excluding carboxylic acids is 2. The summed E-state index contributed by atoms with van der Waals surface area (Å²) in [4.78, 5) is 35.9. The third-order valence-electron chi connectivity index (χ3n) is 4.99. The summed E-state index contributed by atoms with van der Waals surface area (Å²) in [5, 5.41) is 5.60. The van der Waals surface area contributed by atoms with Crippen molar-refractivity contribution < 1.29 is 31.9 Å². The fraction of sp³-hybridized carbons (Fsp3) is 0.174. The lowest BCUT2D eigenvalue weighted by atomic mass is 10.2. The molecule has 1 atom stereocenters. The fourth-order valence-electron chi connectivity index (χ4n) is 3.09. The maximum Gasteiger partial charge on any atom is 0.433 e. The van der Waals surface area contributed by atoms with E-state index in [1.54, 1.807) is 0 Å². The number of hydrogen-bond donors (Lipinski definition) is 4. The van der Waals surface area contributed by atoms with Crippen molar-refractivity contribution in [3.8, 4) is 0 Å². The lowest BCUT2D eigenvalue weighted by Gasteiger charge is -2.21. The summed E-state index contributed by atoms with van der Waals surface area (Å²) in [5.41, 5.74) is 4.93. The number of nitrogens with two attached hydrogens (primary N) is 2. The van der Waals surface area contributed by atoms with Gasteiger partial charge in [0.2, 0.25) is 0 Å². The molecule has 2 amide bonds. The van der Waals surface area contributed by atoms with Crippen molar-refractivity contribution in [2.75, 3.05) is 12.4 Å². The third kappa shape index (κ3) is 7.52. The molecule has 0 saturated heterocycles. The molecule has 0 aliphatic heterocycles. The Balaban J connectivity index is 1.73. The minimum absolute atomic E-state index is 0.00125. The molecule has 0 aliphatic carbocycles. The van der Waals surface area contributed by atoms with Crippen molar-refractivity contribution in [2.45, 2.75) is 19.2 Å². The van der Waals surface area contributed by atoms with Crippen LogP contribution in [0.4, 0.5) is 28.0 Å². The van der Waals surface area contributed by atoms with E-state index in [-0.39, 0.29) is 39.2 Å². The standard InChI is InChI=1S/C23H21ClF4N8O3/c1-11(15-7-13(25)10-33-19(15)24)39-22(38)35-20(36(2)30)18(29)16-4-3-12(9-32-16)21(37)34-14-5-6-31-17(8-14)23(26,27)28/h3-11H,29-30H2,1-2H3,(H,35,38)(H,31,34,37)/b20-18-. The number of hydrazine groups is 1. The molecule has 6 N–H and O–H groups in total. The Morgan fingerprint density at radius 3 is 2.46 bits per heavy atom. The van der Waals surface area contributed by atoms with Crippen LogP contribution in [0.5, 0.6) is 0 Å². The highest BCUT2D eigenvalue weighted by atomic mass is 35.5. The number of hydrogen-bond acceptors (Lipinski definition) is 9. The zero-order valence-corrected chi connectivity index (χ0v) is 21.0. The summed E-state index contributed by atoms with van der Waals surface area (Å²) in [6.07, 6.45) is -3.73. The van der Waals surface area contributed by atoms with Crippen molar-refractivity contribution >= 4 is 35.0 Å². The molecule has 0 saturated carbocycles. The van der Waals surface area contributed by atoms with Gasteiger partial charge in [-0.25, -0.2) is 20.0 Å². The van der Waals surface area contributed by atoms with E-state index >= 15 is 0 Å². The number of halogens is 5. The molecular formula is C23H21ClF4N8O3. The van der Waals surface area contributed by atoms with Gasteiger partial charge >= 0.3 is 12.3 Å². The van der Waals surface area contributed by atoms with Gasteiger partial charge in [-0.3, -0.25) is 25.1 Å². The number of nitrogens with one attached hydrogen (secondary N) is 2. The molecule has 0 aromatic carbocycles. The summed E-state index contributed by atoms with van der Waals surface area (Å²) < 4.78 is 57.3. The Bertz CT molecular complexity index is 1400. The van der Waals surface area contributed by atoms with E-state index in [4.69, 9.17) is 27.9 Å². The molecule has 3 rings (SSSR count). The summed E-state index contributed by atoms with van der Waals surface area (Å²) in [6.45, 7) is 1.45. The maximum atomic E-state index is 13.5. The van der Waals surface area contributed by atoms with E-state index in [9.17, 15) is 27.2 Å². The van der Waals surface area contributed by atoms with Crippen LogP contribution < -0.4 is 22.2 Å². The lowest BCUT2D eigenvalue weighted by molar-refractivity contribution is -0.141. The van der Waals surface area contributed by atoms with Crippen molar-refractivity contribution in [2.24, 2.45) is 11.6 Å². The molecule has 0 spiro atoms. The van der Waals surface area contributed by atoms with Crippen LogP contribution in [0.25, 0.3) is 5.70 Å². The Kier molecular flexibility index (Phi) is 8.88. The highest BCUT2D eigenvalue weighted by Crippen LogP contribution is 2.29. The number of carbonyl (C=O) groups is 2. The normalized spacial score (nSPS) is 12.7. The van der Waals surface area contributed by atoms with E-state index in [2.05, 4.69) is 25.6 Å². The molecule has 16 heteroatoms. The number of alkyl halides is 3. The highest BCUT2D eigenvalue weighted by Gasteiger charge is 2.32. The molecule has 39 heavy (non-hydrogen) atoms. The molecule has 3 aromatic rings. The van der Waals surface area contributed by atoms with Gasteiger partial charge in [0, 0.05) is 30.7 Å². The Hall–Kier alpha value is -4.50. The first-order valence-electron chi connectivity index (χ1n) is 10.8. The molecule has 0 aliphatic rings. The quantitative estimate of drug-likeness (QED) is 0.144. The molecular weight excluding hydrogens is 548 g/mol. The van der Waals surface area contributed by atoms with Crippen LogP contribution in [-0.2, 0) is 10.9 Å². The van der Waals surface area contributed by atoms with Crippen LogP contribution in [0.1, 0.15) is 40.3 Å². The van der Waals surface area contributed by atoms with Gasteiger partial charge in [-0.05, 0) is 37.3 Å². The van der Waals surface area contributed by atoms with Gasteiger partial charge in [-0.1, -0.05) is 11.6 Å². The van der Waals surface area contributed by atoms with Crippen molar-refractivity contribution in [3.05, 3.63) is 88.2 Å². The second-order valence-corrected chi connectivity index (χ2v) is 8.25.